The van der Waals surface area contributed by atoms with E-state index in [0.717, 1.165) is 0 Å². The molecule has 24 heavy (non-hydrogen) atoms. The van der Waals surface area contributed by atoms with Gasteiger partial charge in [0.1, 0.15) is 0 Å². The normalized spacial score (nSPS) is 10.7. The van der Waals surface area contributed by atoms with Crippen molar-refractivity contribution < 1.29 is 9.59 Å². The number of rotatable bonds is 5. The standard InChI is InChI=1S/C15H13N5O3S/c1-9(21)10-2-4-11(5-3-10)16-13(23)8-24-15-19-18-14-17-12(22)6-7-20(14)15/h2-7H,8H2,1H3,(H,16,23)(H,17,18,22). The Balaban J connectivity index is 1.62. The predicted octanol–water partition coefficient (Wildman–Crippen LogP) is 1.35. The summed E-state index contributed by atoms with van der Waals surface area (Å²) in [5.41, 5.74) is 0.936. The number of hydrogen-bond donors (Lipinski definition) is 2. The highest BCUT2D eigenvalue weighted by Gasteiger charge is 2.10. The first-order valence-corrected chi connectivity index (χ1v) is 7.99. The Kier molecular flexibility index (Phi) is 4.43. The Morgan fingerprint density at radius 1 is 1.21 bits per heavy atom. The van der Waals surface area contributed by atoms with Gasteiger partial charge in [0.25, 0.3) is 5.56 Å². The number of hydrogen-bond acceptors (Lipinski definition) is 6. The molecule has 0 radical (unpaired) electrons. The van der Waals surface area contributed by atoms with E-state index in [1.54, 1.807) is 34.9 Å². The van der Waals surface area contributed by atoms with E-state index in [0.29, 0.717) is 22.2 Å². The van der Waals surface area contributed by atoms with Crippen LogP contribution in [0.3, 0.4) is 0 Å². The molecule has 0 atom stereocenters. The summed E-state index contributed by atoms with van der Waals surface area (Å²) in [7, 11) is 0. The number of amides is 1. The number of carbonyl (C=O) groups is 2. The number of Topliss-reactive ketones (excluding diaryl/α,β-unsaturated/α-hetero) is 1. The molecule has 3 aromatic rings. The Labute approximate surface area is 140 Å². The first-order valence-electron chi connectivity index (χ1n) is 7.00. The number of thioether (sulfide) groups is 1. The van der Waals surface area contributed by atoms with Gasteiger partial charge in [-0.25, -0.2) is 0 Å². The monoisotopic (exact) mass is 343 g/mol. The quantitative estimate of drug-likeness (QED) is 0.535. The topological polar surface area (TPSA) is 109 Å². The van der Waals surface area contributed by atoms with Crippen molar-refractivity contribution in [3.05, 3.63) is 52.4 Å². The smallest absolute Gasteiger partial charge is 0.252 e. The summed E-state index contributed by atoms with van der Waals surface area (Å²) >= 11 is 1.20. The van der Waals surface area contributed by atoms with Crippen LogP contribution in [-0.2, 0) is 4.79 Å². The molecule has 0 aliphatic carbocycles. The Morgan fingerprint density at radius 2 is 1.96 bits per heavy atom. The van der Waals surface area contributed by atoms with E-state index in [1.165, 1.54) is 24.8 Å². The molecule has 2 N–H and O–H groups in total. The molecule has 0 fully saturated rings. The van der Waals surface area contributed by atoms with Crippen LogP contribution in [0, 0.1) is 0 Å². The van der Waals surface area contributed by atoms with E-state index in [2.05, 4.69) is 20.5 Å². The molecule has 2 aromatic heterocycles. The van der Waals surface area contributed by atoms with Crippen LogP contribution in [0.1, 0.15) is 17.3 Å². The van der Waals surface area contributed by atoms with Gasteiger partial charge >= 0.3 is 0 Å². The number of nitrogens with one attached hydrogen (secondary N) is 2. The molecule has 1 aromatic carbocycles. The van der Waals surface area contributed by atoms with E-state index in [4.69, 9.17) is 0 Å². The maximum atomic E-state index is 12.0. The highest BCUT2D eigenvalue weighted by Crippen LogP contribution is 2.16. The molecule has 0 spiro atoms. The summed E-state index contributed by atoms with van der Waals surface area (Å²) in [6, 6.07) is 8.03. The van der Waals surface area contributed by atoms with Gasteiger partial charge in [-0.2, -0.15) is 0 Å². The van der Waals surface area contributed by atoms with Crippen molar-refractivity contribution in [3.8, 4) is 0 Å². The van der Waals surface area contributed by atoms with Gasteiger partial charge < -0.3 is 5.32 Å². The number of anilines is 1. The fraction of sp³-hybridized carbons (Fsp3) is 0.133. The third-order valence-corrected chi connectivity index (χ3v) is 4.13. The van der Waals surface area contributed by atoms with Gasteiger partial charge in [-0.1, -0.05) is 11.8 Å². The molecule has 8 nitrogen and oxygen atoms in total. The highest BCUT2D eigenvalue weighted by atomic mass is 32.2. The van der Waals surface area contributed by atoms with Gasteiger partial charge in [-0.3, -0.25) is 23.8 Å². The number of nitrogens with zero attached hydrogens (tertiary/aromatic N) is 3. The number of benzene rings is 1. The van der Waals surface area contributed by atoms with Gasteiger partial charge in [-0.15, -0.1) is 10.2 Å². The maximum absolute atomic E-state index is 12.0. The van der Waals surface area contributed by atoms with E-state index in [9.17, 15) is 14.4 Å². The lowest BCUT2D eigenvalue weighted by atomic mass is 10.1. The third-order valence-electron chi connectivity index (χ3n) is 3.18. The molecule has 1 amide bonds. The minimum atomic E-state index is -0.266. The minimum Gasteiger partial charge on any atom is -0.325 e. The van der Waals surface area contributed by atoms with Crippen molar-refractivity contribution in [2.24, 2.45) is 0 Å². The highest BCUT2D eigenvalue weighted by molar-refractivity contribution is 7.99. The van der Waals surface area contributed by atoms with Crippen LogP contribution in [0.2, 0.25) is 0 Å². The van der Waals surface area contributed by atoms with Crippen LogP contribution in [0.5, 0.6) is 0 Å². The largest absolute Gasteiger partial charge is 0.325 e. The van der Waals surface area contributed by atoms with E-state index in [1.807, 2.05) is 0 Å². The van der Waals surface area contributed by atoms with Crippen molar-refractivity contribution in [1.82, 2.24) is 19.6 Å². The van der Waals surface area contributed by atoms with Gasteiger partial charge in [0.2, 0.25) is 11.7 Å². The van der Waals surface area contributed by atoms with Crippen LogP contribution in [-0.4, -0.2) is 37.0 Å². The molecule has 9 heteroatoms. The second-order valence-corrected chi connectivity index (χ2v) is 5.89. The molecule has 0 bridgehead atoms. The average molecular weight is 343 g/mol. The fourth-order valence-corrected chi connectivity index (χ4v) is 2.72. The van der Waals surface area contributed by atoms with E-state index in [-0.39, 0.29) is 23.0 Å². The van der Waals surface area contributed by atoms with Crippen LogP contribution < -0.4 is 10.9 Å². The van der Waals surface area contributed by atoms with Gasteiger partial charge in [0, 0.05) is 23.5 Å². The van der Waals surface area contributed by atoms with Crippen LogP contribution >= 0.6 is 11.8 Å². The van der Waals surface area contributed by atoms with Crippen molar-refractivity contribution in [1.29, 1.82) is 0 Å². The molecule has 0 saturated carbocycles. The SMILES string of the molecule is CC(=O)c1ccc(NC(=O)CSc2nnc3[nH]c(=O)ccn23)cc1. The lowest BCUT2D eigenvalue weighted by Gasteiger charge is -2.05. The van der Waals surface area contributed by atoms with Gasteiger partial charge in [0.15, 0.2) is 10.9 Å². The summed E-state index contributed by atoms with van der Waals surface area (Å²) in [5.74, 6) is 0.219. The lowest BCUT2D eigenvalue weighted by Crippen LogP contribution is -2.14. The fourth-order valence-electron chi connectivity index (χ4n) is 2.00. The average Bonchev–Trinajstić information content (AvgIpc) is 2.95. The number of aromatic nitrogens is 4. The predicted molar refractivity (Wildman–Crippen MR) is 89.4 cm³/mol. The van der Waals surface area contributed by atoms with Crippen LogP contribution in [0.25, 0.3) is 5.78 Å². The summed E-state index contributed by atoms with van der Waals surface area (Å²) in [5, 5.41) is 11.0. The second-order valence-electron chi connectivity index (χ2n) is 4.95. The molecule has 3 rings (SSSR count). The number of fused-ring (bicyclic) bond motifs is 1. The third kappa shape index (κ3) is 3.51. The van der Waals surface area contributed by atoms with E-state index < -0.39 is 0 Å². The van der Waals surface area contributed by atoms with Crippen LogP contribution in [0.15, 0.2) is 46.5 Å². The molecule has 0 aliphatic rings. The number of carbonyl (C=O) groups excluding carboxylic acids is 2. The zero-order chi connectivity index (χ0) is 17.1. The molecule has 0 saturated heterocycles. The molecular weight excluding hydrogens is 330 g/mol. The van der Waals surface area contributed by atoms with Crippen molar-refractivity contribution in [3.63, 3.8) is 0 Å². The summed E-state index contributed by atoms with van der Waals surface area (Å²) in [6.45, 7) is 1.49. The van der Waals surface area contributed by atoms with Gasteiger partial charge in [0.05, 0.1) is 5.75 Å². The molecule has 122 valence electrons. The molecule has 0 aliphatic heterocycles. The Bertz CT molecular complexity index is 961. The van der Waals surface area contributed by atoms with Crippen molar-refractivity contribution in [2.45, 2.75) is 12.1 Å². The lowest BCUT2D eigenvalue weighted by molar-refractivity contribution is -0.113. The van der Waals surface area contributed by atoms with Gasteiger partial charge in [-0.05, 0) is 31.2 Å². The molecule has 2 heterocycles. The maximum Gasteiger partial charge on any atom is 0.252 e. The van der Waals surface area contributed by atoms with Crippen LogP contribution in [0.4, 0.5) is 5.69 Å². The first kappa shape index (κ1) is 15.9. The van der Waals surface area contributed by atoms with E-state index >= 15 is 0 Å². The van der Waals surface area contributed by atoms with Crippen molar-refractivity contribution in [2.75, 3.05) is 11.1 Å². The Hall–Kier alpha value is -2.94. The number of H-pyrrole nitrogens is 1. The van der Waals surface area contributed by atoms with Crippen molar-refractivity contribution >= 4 is 34.9 Å². The minimum absolute atomic E-state index is 0.0276. The second kappa shape index (κ2) is 6.67. The number of ketones is 1. The zero-order valence-electron chi connectivity index (χ0n) is 12.6. The zero-order valence-corrected chi connectivity index (χ0v) is 13.5. The summed E-state index contributed by atoms with van der Waals surface area (Å²) < 4.78 is 1.60. The molecule has 0 unspecified atom stereocenters. The molecular formula is C15H13N5O3S. The number of aromatic amines is 1. The first-order chi connectivity index (χ1) is 11.5. The summed E-state index contributed by atoms with van der Waals surface area (Å²) in [6.07, 6.45) is 1.55. The summed E-state index contributed by atoms with van der Waals surface area (Å²) in [4.78, 5) is 37.0. The Morgan fingerprint density at radius 3 is 2.67 bits per heavy atom.